The molecule has 0 aliphatic carbocycles. The van der Waals surface area contributed by atoms with Crippen molar-refractivity contribution < 1.29 is 22.7 Å². The van der Waals surface area contributed by atoms with Gasteiger partial charge in [0.2, 0.25) is 0 Å². The Balaban J connectivity index is 2.05. The van der Waals surface area contributed by atoms with E-state index in [9.17, 15) is 18.0 Å². The van der Waals surface area contributed by atoms with Crippen molar-refractivity contribution in [3.05, 3.63) is 65.5 Å². The minimum atomic E-state index is -3.30. The molecule has 0 unspecified atom stereocenters. The van der Waals surface area contributed by atoms with E-state index in [-0.39, 0.29) is 16.8 Å². The number of halogens is 3. The Kier molecular flexibility index (Phi) is 4.16. The zero-order chi connectivity index (χ0) is 15.5. The van der Waals surface area contributed by atoms with E-state index >= 15 is 0 Å². The summed E-state index contributed by atoms with van der Waals surface area (Å²) in [5, 5.41) is 0. The predicted molar refractivity (Wildman–Crippen MR) is 71.4 cm³/mol. The van der Waals surface area contributed by atoms with Gasteiger partial charge in [-0.1, -0.05) is 30.3 Å². The molecule has 2 aromatic carbocycles. The van der Waals surface area contributed by atoms with E-state index in [0.717, 1.165) is 18.2 Å². The molecule has 2 N–H and O–H groups in total. The van der Waals surface area contributed by atoms with Crippen LogP contribution in [0.4, 0.5) is 18.9 Å². The monoisotopic (exact) mass is 295 g/mol. The SMILES string of the molecule is Nc1cc(C(=O)OCC(F)(F)c2ccccc2)ccc1F. The van der Waals surface area contributed by atoms with E-state index in [1.807, 2.05) is 0 Å². The zero-order valence-electron chi connectivity index (χ0n) is 10.9. The van der Waals surface area contributed by atoms with Gasteiger partial charge in [0.1, 0.15) is 5.82 Å². The molecule has 0 aromatic heterocycles. The fourth-order valence-corrected chi connectivity index (χ4v) is 1.68. The molecule has 0 aliphatic heterocycles. The number of hydrogen-bond acceptors (Lipinski definition) is 3. The van der Waals surface area contributed by atoms with Crippen molar-refractivity contribution in [1.82, 2.24) is 0 Å². The predicted octanol–water partition coefficient (Wildman–Crippen LogP) is 3.36. The van der Waals surface area contributed by atoms with Gasteiger partial charge in [-0.05, 0) is 18.2 Å². The molecule has 0 aliphatic rings. The molecule has 0 saturated carbocycles. The Morgan fingerprint density at radius 3 is 2.43 bits per heavy atom. The van der Waals surface area contributed by atoms with Gasteiger partial charge in [0, 0.05) is 5.56 Å². The summed E-state index contributed by atoms with van der Waals surface area (Å²) in [6.45, 7) is -1.10. The number of esters is 1. The van der Waals surface area contributed by atoms with Crippen molar-refractivity contribution in [2.45, 2.75) is 5.92 Å². The average Bonchev–Trinajstić information content (AvgIpc) is 2.48. The zero-order valence-corrected chi connectivity index (χ0v) is 10.9. The van der Waals surface area contributed by atoms with Crippen molar-refractivity contribution in [3.63, 3.8) is 0 Å². The van der Waals surface area contributed by atoms with Crippen LogP contribution in [0.2, 0.25) is 0 Å². The second-order valence-electron chi connectivity index (χ2n) is 4.38. The maximum absolute atomic E-state index is 13.8. The average molecular weight is 295 g/mol. The molecule has 3 nitrogen and oxygen atoms in total. The summed E-state index contributed by atoms with van der Waals surface area (Å²) in [7, 11) is 0. The molecule has 6 heteroatoms. The molecule has 0 spiro atoms. The maximum atomic E-state index is 13.8. The first-order valence-electron chi connectivity index (χ1n) is 6.05. The van der Waals surface area contributed by atoms with Crippen LogP contribution in [0, 0.1) is 5.82 Å². The van der Waals surface area contributed by atoms with Crippen LogP contribution in [0.25, 0.3) is 0 Å². The van der Waals surface area contributed by atoms with Crippen LogP contribution in [0.1, 0.15) is 15.9 Å². The maximum Gasteiger partial charge on any atom is 0.338 e. The van der Waals surface area contributed by atoms with Crippen LogP contribution in [-0.2, 0) is 10.7 Å². The van der Waals surface area contributed by atoms with Gasteiger partial charge in [-0.15, -0.1) is 0 Å². The van der Waals surface area contributed by atoms with Crippen molar-refractivity contribution >= 4 is 11.7 Å². The molecule has 0 heterocycles. The highest BCUT2D eigenvalue weighted by Gasteiger charge is 2.33. The number of carbonyl (C=O) groups is 1. The van der Waals surface area contributed by atoms with Crippen molar-refractivity contribution in [1.29, 1.82) is 0 Å². The number of alkyl halides is 2. The minimum Gasteiger partial charge on any atom is -0.455 e. The number of benzene rings is 2. The molecule has 0 fully saturated rings. The second kappa shape index (κ2) is 5.87. The number of nitrogens with two attached hydrogens (primary N) is 1. The van der Waals surface area contributed by atoms with Crippen LogP contribution in [0.5, 0.6) is 0 Å². The van der Waals surface area contributed by atoms with E-state index in [1.165, 1.54) is 24.3 Å². The van der Waals surface area contributed by atoms with Gasteiger partial charge in [-0.25, -0.2) is 9.18 Å². The number of carbonyl (C=O) groups excluding carboxylic acids is 1. The van der Waals surface area contributed by atoms with Gasteiger partial charge in [-0.3, -0.25) is 0 Å². The minimum absolute atomic E-state index is 0.0854. The summed E-state index contributed by atoms with van der Waals surface area (Å²) in [5.41, 5.74) is 4.71. The third-order valence-electron chi connectivity index (χ3n) is 2.81. The number of nitrogen functional groups attached to an aromatic ring is 1. The quantitative estimate of drug-likeness (QED) is 0.695. The van der Waals surface area contributed by atoms with Crippen LogP contribution in [0.3, 0.4) is 0 Å². The van der Waals surface area contributed by atoms with Gasteiger partial charge < -0.3 is 10.5 Å². The van der Waals surface area contributed by atoms with E-state index in [0.29, 0.717) is 0 Å². The lowest BCUT2D eigenvalue weighted by Gasteiger charge is -2.16. The van der Waals surface area contributed by atoms with E-state index in [2.05, 4.69) is 4.74 Å². The first-order chi connectivity index (χ1) is 9.90. The van der Waals surface area contributed by atoms with Gasteiger partial charge in [0.05, 0.1) is 11.3 Å². The summed E-state index contributed by atoms with van der Waals surface area (Å²) in [5.74, 6) is -4.99. The van der Waals surface area contributed by atoms with Crippen molar-refractivity contribution in [2.75, 3.05) is 12.3 Å². The smallest absolute Gasteiger partial charge is 0.338 e. The fraction of sp³-hybridized carbons (Fsp3) is 0.133. The van der Waals surface area contributed by atoms with Crippen LogP contribution in [-0.4, -0.2) is 12.6 Å². The van der Waals surface area contributed by atoms with Crippen molar-refractivity contribution in [2.24, 2.45) is 0 Å². The molecule has 21 heavy (non-hydrogen) atoms. The van der Waals surface area contributed by atoms with Crippen molar-refractivity contribution in [3.8, 4) is 0 Å². The Bertz CT molecular complexity index is 645. The number of anilines is 1. The summed E-state index contributed by atoms with van der Waals surface area (Å²) in [6.07, 6.45) is 0. The van der Waals surface area contributed by atoms with E-state index in [4.69, 9.17) is 5.73 Å². The third-order valence-corrected chi connectivity index (χ3v) is 2.81. The fourth-order valence-electron chi connectivity index (χ4n) is 1.68. The summed E-state index contributed by atoms with van der Waals surface area (Å²) in [4.78, 5) is 11.7. The number of rotatable bonds is 4. The number of ether oxygens (including phenoxy) is 1. The van der Waals surface area contributed by atoms with Crippen LogP contribution >= 0.6 is 0 Å². The molecular formula is C15H12F3NO2. The largest absolute Gasteiger partial charge is 0.455 e. The Morgan fingerprint density at radius 2 is 1.81 bits per heavy atom. The molecule has 0 radical (unpaired) electrons. The summed E-state index contributed by atoms with van der Waals surface area (Å²) < 4.78 is 45.2. The van der Waals surface area contributed by atoms with Gasteiger partial charge in [0.25, 0.3) is 0 Å². The Morgan fingerprint density at radius 1 is 1.14 bits per heavy atom. The lowest BCUT2D eigenvalue weighted by atomic mass is 10.1. The molecule has 0 atom stereocenters. The Labute approximate surface area is 119 Å². The number of hydrogen-bond donors (Lipinski definition) is 1. The highest BCUT2D eigenvalue weighted by molar-refractivity contribution is 5.90. The van der Waals surface area contributed by atoms with E-state index in [1.54, 1.807) is 6.07 Å². The molecular weight excluding hydrogens is 283 g/mol. The highest BCUT2D eigenvalue weighted by Crippen LogP contribution is 2.28. The normalized spacial score (nSPS) is 11.2. The lowest BCUT2D eigenvalue weighted by molar-refractivity contribution is -0.0661. The molecule has 0 saturated heterocycles. The summed E-state index contributed by atoms with van der Waals surface area (Å²) in [6, 6.07) is 10.1. The van der Waals surface area contributed by atoms with Gasteiger partial charge in [-0.2, -0.15) is 8.78 Å². The molecule has 2 rings (SSSR count). The molecule has 0 amide bonds. The van der Waals surface area contributed by atoms with Crippen LogP contribution < -0.4 is 5.73 Å². The van der Waals surface area contributed by atoms with Crippen LogP contribution in [0.15, 0.2) is 48.5 Å². The highest BCUT2D eigenvalue weighted by atomic mass is 19.3. The molecule has 2 aromatic rings. The van der Waals surface area contributed by atoms with Gasteiger partial charge >= 0.3 is 11.9 Å². The first-order valence-corrected chi connectivity index (χ1v) is 6.05. The summed E-state index contributed by atoms with van der Waals surface area (Å²) >= 11 is 0. The Hall–Kier alpha value is -2.50. The molecule has 110 valence electrons. The third kappa shape index (κ3) is 3.53. The van der Waals surface area contributed by atoms with E-state index < -0.39 is 24.3 Å². The topological polar surface area (TPSA) is 52.3 Å². The molecule has 0 bridgehead atoms. The first kappa shape index (κ1) is 14.9. The standard InChI is InChI=1S/C15H12F3NO2/c16-12-7-6-10(8-13(12)19)14(20)21-9-15(17,18)11-4-2-1-3-5-11/h1-8H,9,19H2. The van der Waals surface area contributed by atoms with Gasteiger partial charge in [0.15, 0.2) is 6.61 Å². The second-order valence-corrected chi connectivity index (χ2v) is 4.38. The lowest BCUT2D eigenvalue weighted by Crippen LogP contribution is -2.23.